The zero-order valence-electron chi connectivity index (χ0n) is 9.46. The van der Waals surface area contributed by atoms with Crippen molar-refractivity contribution in [1.29, 1.82) is 0 Å². The standard InChI is InChI=1S/C10H17F3N2O2/c11-10(12,13)7-14-9(17)5-15-3-1-2-8(4-15)6-16/h8,16H,1-7H2,(H,14,17). The van der Waals surface area contributed by atoms with Gasteiger partial charge in [-0.2, -0.15) is 13.2 Å². The van der Waals surface area contributed by atoms with Crippen LogP contribution in [0.15, 0.2) is 0 Å². The van der Waals surface area contributed by atoms with Crippen LogP contribution in [-0.4, -0.2) is 54.9 Å². The van der Waals surface area contributed by atoms with Crippen molar-refractivity contribution in [2.24, 2.45) is 5.92 Å². The monoisotopic (exact) mass is 254 g/mol. The van der Waals surface area contributed by atoms with Gasteiger partial charge in [0.05, 0.1) is 6.54 Å². The summed E-state index contributed by atoms with van der Waals surface area (Å²) in [5.41, 5.74) is 0. The fraction of sp³-hybridized carbons (Fsp3) is 0.900. The molecule has 1 unspecified atom stereocenters. The van der Waals surface area contributed by atoms with E-state index in [1.165, 1.54) is 0 Å². The first-order chi connectivity index (χ1) is 7.90. The van der Waals surface area contributed by atoms with Crippen LogP contribution >= 0.6 is 0 Å². The van der Waals surface area contributed by atoms with E-state index in [-0.39, 0.29) is 19.1 Å². The number of aliphatic hydroxyl groups is 1. The number of hydrogen-bond acceptors (Lipinski definition) is 3. The van der Waals surface area contributed by atoms with Crippen LogP contribution in [0.2, 0.25) is 0 Å². The molecule has 1 saturated heterocycles. The fourth-order valence-electron chi connectivity index (χ4n) is 1.90. The Morgan fingerprint density at radius 1 is 1.47 bits per heavy atom. The van der Waals surface area contributed by atoms with Crippen molar-refractivity contribution in [2.45, 2.75) is 19.0 Å². The maximum Gasteiger partial charge on any atom is 0.405 e. The first-order valence-electron chi connectivity index (χ1n) is 5.57. The molecule has 0 aliphatic carbocycles. The van der Waals surface area contributed by atoms with E-state index in [4.69, 9.17) is 5.11 Å². The number of carbonyl (C=O) groups excluding carboxylic acids is 1. The second-order valence-electron chi connectivity index (χ2n) is 4.32. The molecule has 2 N–H and O–H groups in total. The van der Waals surface area contributed by atoms with E-state index in [9.17, 15) is 18.0 Å². The number of amides is 1. The van der Waals surface area contributed by atoms with Crippen LogP contribution in [0.4, 0.5) is 13.2 Å². The average molecular weight is 254 g/mol. The minimum Gasteiger partial charge on any atom is -0.396 e. The number of aliphatic hydroxyl groups excluding tert-OH is 1. The summed E-state index contributed by atoms with van der Waals surface area (Å²) in [6.07, 6.45) is -2.61. The van der Waals surface area contributed by atoms with E-state index in [1.807, 2.05) is 5.32 Å². The number of piperidine rings is 1. The molecule has 0 radical (unpaired) electrons. The molecule has 1 heterocycles. The van der Waals surface area contributed by atoms with E-state index in [2.05, 4.69) is 0 Å². The summed E-state index contributed by atoms with van der Waals surface area (Å²) >= 11 is 0. The molecule has 17 heavy (non-hydrogen) atoms. The molecule has 0 aromatic carbocycles. The number of carbonyl (C=O) groups is 1. The van der Waals surface area contributed by atoms with Gasteiger partial charge >= 0.3 is 6.18 Å². The van der Waals surface area contributed by atoms with Crippen molar-refractivity contribution in [3.8, 4) is 0 Å². The Morgan fingerprint density at radius 2 is 2.18 bits per heavy atom. The maximum absolute atomic E-state index is 11.8. The van der Waals surface area contributed by atoms with Crippen molar-refractivity contribution in [2.75, 3.05) is 32.8 Å². The van der Waals surface area contributed by atoms with Gasteiger partial charge in [0.25, 0.3) is 0 Å². The lowest BCUT2D eigenvalue weighted by Crippen LogP contribution is -2.45. The van der Waals surface area contributed by atoms with Crippen molar-refractivity contribution >= 4 is 5.91 Å². The third-order valence-corrected chi connectivity index (χ3v) is 2.71. The summed E-state index contributed by atoms with van der Waals surface area (Å²) in [4.78, 5) is 13.0. The molecule has 1 rings (SSSR count). The van der Waals surface area contributed by atoms with Gasteiger partial charge in [0.1, 0.15) is 6.54 Å². The average Bonchev–Trinajstić information content (AvgIpc) is 2.26. The Kier molecular flexibility index (Phi) is 5.20. The highest BCUT2D eigenvalue weighted by molar-refractivity contribution is 5.78. The molecular formula is C10H17F3N2O2. The minimum absolute atomic E-state index is 0.0351. The van der Waals surface area contributed by atoms with Crippen LogP contribution in [0.25, 0.3) is 0 Å². The number of likely N-dealkylation sites (tertiary alicyclic amines) is 1. The van der Waals surface area contributed by atoms with Crippen LogP contribution in [0.5, 0.6) is 0 Å². The number of halogens is 3. The van der Waals surface area contributed by atoms with Gasteiger partial charge in [-0.05, 0) is 25.3 Å². The molecule has 0 aromatic rings. The predicted octanol–water partition coefficient (Wildman–Crippen LogP) is 0.369. The fourth-order valence-corrected chi connectivity index (χ4v) is 1.90. The van der Waals surface area contributed by atoms with Gasteiger partial charge in [-0.15, -0.1) is 0 Å². The SMILES string of the molecule is O=C(CN1CCCC(CO)C1)NCC(F)(F)F. The Bertz CT molecular complexity index is 258. The first-order valence-corrected chi connectivity index (χ1v) is 5.57. The van der Waals surface area contributed by atoms with E-state index in [0.29, 0.717) is 13.1 Å². The molecule has 0 aromatic heterocycles. The van der Waals surface area contributed by atoms with Crippen molar-refractivity contribution in [3.63, 3.8) is 0 Å². The Hall–Kier alpha value is -0.820. The third-order valence-electron chi connectivity index (χ3n) is 2.71. The molecule has 4 nitrogen and oxygen atoms in total. The molecule has 1 atom stereocenters. The smallest absolute Gasteiger partial charge is 0.396 e. The number of alkyl halides is 3. The molecule has 100 valence electrons. The second-order valence-corrected chi connectivity index (χ2v) is 4.32. The largest absolute Gasteiger partial charge is 0.405 e. The molecule has 1 aliphatic heterocycles. The summed E-state index contributed by atoms with van der Waals surface area (Å²) in [6.45, 7) is -0.0117. The molecule has 0 saturated carbocycles. The Balaban J connectivity index is 2.26. The lowest BCUT2D eigenvalue weighted by molar-refractivity contribution is -0.139. The predicted molar refractivity (Wildman–Crippen MR) is 55.3 cm³/mol. The molecule has 0 spiro atoms. The van der Waals surface area contributed by atoms with Crippen molar-refractivity contribution < 1.29 is 23.1 Å². The molecule has 0 bridgehead atoms. The Labute approximate surface area is 97.8 Å². The van der Waals surface area contributed by atoms with Gasteiger partial charge in [-0.1, -0.05) is 0 Å². The van der Waals surface area contributed by atoms with Gasteiger partial charge in [0, 0.05) is 13.2 Å². The summed E-state index contributed by atoms with van der Waals surface area (Å²) < 4.78 is 35.5. The lowest BCUT2D eigenvalue weighted by Gasteiger charge is -2.31. The van der Waals surface area contributed by atoms with Crippen molar-refractivity contribution in [1.82, 2.24) is 10.2 Å². The van der Waals surface area contributed by atoms with Crippen LogP contribution < -0.4 is 5.32 Å². The van der Waals surface area contributed by atoms with E-state index in [0.717, 1.165) is 12.8 Å². The van der Waals surface area contributed by atoms with E-state index in [1.54, 1.807) is 4.90 Å². The van der Waals surface area contributed by atoms with Gasteiger partial charge < -0.3 is 10.4 Å². The van der Waals surface area contributed by atoms with E-state index < -0.39 is 18.6 Å². The lowest BCUT2D eigenvalue weighted by atomic mass is 9.99. The quantitative estimate of drug-likeness (QED) is 0.762. The summed E-state index contributed by atoms with van der Waals surface area (Å²) in [7, 11) is 0. The van der Waals surface area contributed by atoms with Crippen molar-refractivity contribution in [3.05, 3.63) is 0 Å². The molecule has 1 amide bonds. The summed E-state index contributed by atoms with van der Waals surface area (Å²) in [5.74, 6) is -0.500. The van der Waals surface area contributed by atoms with Crippen LogP contribution in [0.3, 0.4) is 0 Å². The van der Waals surface area contributed by atoms with Crippen LogP contribution in [0.1, 0.15) is 12.8 Å². The highest BCUT2D eigenvalue weighted by Gasteiger charge is 2.28. The zero-order chi connectivity index (χ0) is 12.9. The molecule has 7 heteroatoms. The number of nitrogens with zero attached hydrogens (tertiary/aromatic N) is 1. The third kappa shape index (κ3) is 5.88. The molecular weight excluding hydrogens is 237 g/mol. The van der Waals surface area contributed by atoms with Crippen LogP contribution in [0, 0.1) is 5.92 Å². The topological polar surface area (TPSA) is 52.6 Å². The van der Waals surface area contributed by atoms with E-state index >= 15 is 0 Å². The Morgan fingerprint density at radius 3 is 2.76 bits per heavy atom. The number of rotatable bonds is 4. The summed E-state index contributed by atoms with van der Waals surface area (Å²) in [6, 6.07) is 0. The van der Waals surface area contributed by atoms with Gasteiger partial charge in [0.2, 0.25) is 5.91 Å². The van der Waals surface area contributed by atoms with Crippen LogP contribution in [-0.2, 0) is 4.79 Å². The highest BCUT2D eigenvalue weighted by atomic mass is 19.4. The van der Waals surface area contributed by atoms with Gasteiger partial charge in [-0.25, -0.2) is 0 Å². The number of nitrogens with one attached hydrogen (secondary N) is 1. The highest BCUT2D eigenvalue weighted by Crippen LogP contribution is 2.15. The zero-order valence-corrected chi connectivity index (χ0v) is 9.46. The second kappa shape index (κ2) is 6.20. The minimum atomic E-state index is -4.37. The first kappa shape index (κ1) is 14.2. The summed E-state index contributed by atoms with van der Waals surface area (Å²) in [5, 5.41) is 10.8. The molecule has 1 aliphatic rings. The number of hydrogen-bond donors (Lipinski definition) is 2. The maximum atomic E-state index is 11.8. The normalized spacial score (nSPS) is 22.5. The van der Waals surface area contributed by atoms with Gasteiger partial charge in [0.15, 0.2) is 0 Å². The molecule has 1 fully saturated rings. The van der Waals surface area contributed by atoms with Gasteiger partial charge in [-0.3, -0.25) is 9.69 Å².